The van der Waals surface area contributed by atoms with Crippen LogP contribution in [0.5, 0.6) is 0 Å². The van der Waals surface area contributed by atoms with Crippen LogP contribution in [0.4, 0.5) is 4.39 Å². The van der Waals surface area contributed by atoms with Gasteiger partial charge < -0.3 is 15.5 Å². The minimum Gasteiger partial charge on any atom is -0.356 e. The Morgan fingerprint density at radius 1 is 1.35 bits per heavy atom. The van der Waals surface area contributed by atoms with Crippen LogP contribution in [-0.2, 0) is 13.5 Å². The molecule has 0 aliphatic rings. The molecule has 1 atom stereocenters. The highest BCUT2D eigenvalue weighted by atomic mass is 127. The third-order valence-electron chi connectivity index (χ3n) is 4.01. The van der Waals surface area contributed by atoms with E-state index in [1.54, 1.807) is 23.9 Å². The number of aryl methyl sites for hydroxylation is 1. The first-order valence-electron chi connectivity index (χ1n) is 8.33. The van der Waals surface area contributed by atoms with E-state index in [0.717, 1.165) is 23.5 Å². The highest BCUT2D eigenvalue weighted by molar-refractivity contribution is 14.0. The maximum atomic E-state index is 13.2. The van der Waals surface area contributed by atoms with Gasteiger partial charge >= 0.3 is 0 Å². The molecular formula is C18H28FIN6. The molecule has 8 heteroatoms. The van der Waals surface area contributed by atoms with Gasteiger partial charge in [-0.2, -0.15) is 5.10 Å². The van der Waals surface area contributed by atoms with Gasteiger partial charge in [-0.3, -0.25) is 9.67 Å². The van der Waals surface area contributed by atoms with Crippen LogP contribution in [-0.4, -0.2) is 54.9 Å². The smallest absolute Gasteiger partial charge is 0.191 e. The number of halogens is 2. The number of hydrogen-bond donors (Lipinski definition) is 2. The summed E-state index contributed by atoms with van der Waals surface area (Å²) in [7, 11) is 7.74. The maximum Gasteiger partial charge on any atom is 0.191 e. The van der Waals surface area contributed by atoms with Gasteiger partial charge in [-0.05, 0) is 38.2 Å². The number of benzene rings is 1. The van der Waals surface area contributed by atoms with Crippen molar-refractivity contribution >= 4 is 29.9 Å². The molecule has 0 saturated carbocycles. The summed E-state index contributed by atoms with van der Waals surface area (Å²) in [5, 5.41) is 10.9. The fraction of sp³-hybridized carbons (Fsp3) is 0.444. The zero-order valence-corrected chi connectivity index (χ0v) is 18.1. The van der Waals surface area contributed by atoms with E-state index in [1.807, 2.05) is 39.6 Å². The molecule has 0 spiro atoms. The van der Waals surface area contributed by atoms with Gasteiger partial charge in [0.25, 0.3) is 0 Å². The van der Waals surface area contributed by atoms with Crippen molar-refractivity contribution < 1.29 is 4.39 Å². The predicted octanol–water partition coefficient (Wildman–Crippen LogP) is 2.19. The number of nitrogens with zero attached hydrogens (tertiary/aromatic N) is 4. The van der Waals surface area contributed by atoms with Gasteiger partial charge in [-0.25, -0.2) is 4.39 Å². The van der Waals surface area contributed by atoms with Crippen molar-refractivity contribution in [2.75, 3.05) is 34.2 Å². The molecule has 6 nitrogen and oxygen atoms in total. The lowest BCUT2D eigenvalue weighted by molar-refractivity contribution is 0.298. The van der Waals surface area contributed by atoms with Crippen molar-refractivity contribution in [1.82, 2.24) is 25.3 Å². The van der Waals surface area contributed by atoms with Gasteiger partial charge in [0.1, 0.15) is 5.82 Å². The Labute approximate surface area is 171 Å². The Balaban J connectivity index is 0.00000338. The van der Waals surface area contributed by atoms with E-state index >= 15 is 0 Å². The number of nitrogens with one attached hydrogen (secondary N) is 2. The lowest BCUT2D eigenvalue weighted by atomic mass is 10.1. The number of hydrogen-bond acceptors (Lipinski definition) is 3. The maximum absolute atomic E-state index is 13.2. The molecule has 1 unspecified atom stereocenters. The van der Waals surface area contributed by atoms with Crippen LogP contribution in [0.15, 0.2) is 41.7 Å². The Kier molecular flexibility index (Phi) is 9.57. The highest BCUT2D eigenvalue weighted by Gasteiger charge is 2.16. The molecule has 0 aliphatic heterocycles. The molecule has 2 aromatic rings. The van der Waals surface area contributed by atoms with Gasteiger partial charge in [0, 0.05) is 38.9 Å². The zero-order valence-electron chi connectivity index (χ0n) is 15.7. The molecule has 0 radical (unpaired) electrons. The first kappa shape index (κ1) is 22.4. The first-order chi connectivity index (χ1) is 12.0. The van der Waals surface area contributed by atoms with Crippen LogP contribution in [0.2, 0.25) is 0 Å². The molecule has 2 N–H and O–H groups in total. The minimum atomic E-state index is -0.203. The average Bonchev–Trinajstić information content (AvgIpc) is 2.99. The zero-order chi connectivity index (χ0) is 18.2. The molecule has 0 amide bonds. The summed E-state index contributed by atoms with van der Waals surface area (Å²) >= 11 is 0. The van der Waals surface area contributed by atoms with E-state index in [9.17, 15) is 4.39 Å². The topological polar surface area (TPSA) is 57.5 Å². The molecule has 0 fully saturated rings. The lowest BCUT2D eigenvalue weighted by Crippen LogP contribution is -2.42. The molecule has 0 aliphatic carbocycles. The van der Waals surface area contributed by atoms with Crippen molar-refractivity contribution in [2.24, 2.45) is 12.0 Å². The molecule has 0 bridgehead atoms. The number of rotatable bonds is 7. The molecule has 0 saturated heterocycles. The van der Waals surface area contributed by atoms with Gasteiger partial charge in [-0.1, -0.05) is 12.1 Å². The van der Waals surface area contributed by atoms with Crippen LogP contribution in [0, 0.1) is 5.82 Å². The fourth-order valence-corrected chi connectivity index (χ4v) is 2.64. The van der Waals surface area contributed by atoms with Gasteiger partial charge in [0.2, 0.25) is 0 Å². The van der Waals surface area contributed by atoms with E-state index in [2.05, 4.69) is 25.6 Å². The van der Waals surface area contributed by atoms with Gasteiger partial charge in [0.15, 0.2) is 5.96 Å². The number of aromatic nitrogens is 2. The van der Waals surface area contributed by atoms with E-state index in [0.29, 0.717) is 13.1 Å². The standard InChI is InChI=1S/C18H27FN6.HI/c1-20-18(21-9-8-14-6-5-7-16(19)10-14)22-12-17(24(2)3)15-11-23-25(4)13-15;/h5-7,10-11,13,17H,8-9,12H2,1-4H3,(H2,20,21,22);1H. The molecule has 26 heavy (non-hydrogen) atoms. The second-order valence-corrected chi connectivity index (χ2v) is 6.19. The number of guanidine groups is 1. The second kappa shape index (κ2) is 11.1. The first-order valence-corrected chi connectivity index (χ1v) is 8.33. The molecule has 1 heterocycles. The van der Waals surface area contributed by atoms with Crippen molar-refractivity contribution in [2.45, 2.75) is 12.5 Å². The van der Waals surface area contributed by atoms with Crippen LogP contribution in [0.1, 0.15) is 17.2 Å². The normalized spacial score (nSPS) is 12.6. The van der Waals surface area contributed by atoms with Crippen molar-refractivity contribution in [3.63, 3.8) is 0 Å². The Bertz CT molecular complexity index is 700. The van der Waals surface area contributed by atoms with Crippen LogP contribution < -0.4 is 10.6 Å². The highest BCUT2D eigenvalue weighted by Crippen LogP contribution is 2.15. The molecular weight excluding hydrogens is 446 g/mol. The van der Waals surface area contributed by atoms with E-state index in [-0.39, 0.29) is 35.8 Å². The summed E-state index contributed by atoms with van der Waals surface area (Å²) < 4.78 is 15.0. The van der Waals surface area contributed by atoms with E-state index in [1.165, 1.54) is 6.07 Å². The predicted molar refractivity (Wildman–Crippen MR) is 115 cm³/mol. The third kappa shape index (κ3) is 6.91. The van der Waals surface area contributed by atoms with Crippen molar-refractivity contribution in [3.8, 4) is 0 Å². The largest absolute Gasteiger partial charge is 0.356 e. The quantitative estimate of drug-likeness (QED) is 0.367. The van der Waals surface area contributed by atoms with E-state index in [4.69, 9.17) is 0 Å². The van der Waals surface area contributed by atoms with Crippen molar-refractivity contribution in [1.29, 1.82) is 0 Å². The summed E-state index contributed by atoms with van der Waals surface area (Å²) in [6, 6.07) is 6.86. The average molecular weight is 474 g/mol. The summed E-state index contributed by atoms with van der Waals surface area (Å²) in [6.07, 6.45) is 4.64. The van der Waals surface area contributed by atoms with Crippen LogP contribution in [0.25, 0.3) is 0 Å². The number of aliphatic imine (C=N–C) groups is 1. The van der Waals surface area contributed by atoms with E-state index < -0.39 is 0 Å². The minimum absolute atomic E-state index is 0. The van der Waals surface area contributed by atoms with Gasteiger partial charge in [0.05, 0.1) is 12.2 Å². The summed E-state index contributed by atoms with van der Waals surface area (Å²) in [5.74, 6) is 0.525. The number of likely N-dealkylation sites (N-methyl/N-ethyl adjacent to an activating group) is 1. The Hall–Kier alpha value is -1.68. The second-order valence-electron chi connectivity index (χ2n) is 6.19. The van der Waals surface area contributed by atoms with Crippen LogP contribution in [0.3, 0.4) is 0 Å². The fourth-order valence-electron chi connectivity index (χ4n) is 2.64. The Morgan fingerprint density at radius 3 is 2.69 bits per heavy atom. The summed E-state index contributed by atoms with van der Waals surface area (Å²) in [5.41, 5.74) is 2.11. The summed E-state index contributed by atoms with van der Waals surface area (Å²) in [6.45, 7) is 1.39. The Morgan fingerprint density at radius 2 is 2.12 bits per heavy atom. The third-order valence-corrected chi connectivity index (χ3v) is 4.01. The van der Waals surface area contributed by atoms with Gasteiger partial charge in [-0.15, -0.1) is 24.0 Å². The molecule has 144 valence electrons. The monoisotopic (exact) mass is 474 g/mol. The summed E-state index contributed by atoms with van der Waals surface area (Å²) in [4.78, 5) is 6.39. The van der Waals surface area contributed by atoms with Crippen molar-refractivity contribution in [3.05, 3.63) is 53.6 Å². The SMILES string of the molecule is CN=C(NCCc1cccc(F)c1)NCC(c1cnn(C)c1)N(C)C.I. The van der Waals surface area contributed by atoms with Crippen LogP contribution >= 0.6 is 24.0 Å². The lowest BCUT2D eigenvalue weighted by Gasteiger charge is -2.24. The molecule has 1 aromatic heterocycles. The molecule has 1 aromatic carbocycles. The molecule has 2 rings (SSSR count).